The Bertz CT molecular complexity index is 682. The van der Waals surface area contributed by atoms with E-state index in [0.29, 0.717) is 16.5 Å². The molecule has 0 saturated carbocycles. The molecule has 3 aromatic rings. The van der Waals surface area contributed by atoms with Gasteiger partial charge in [0.15, 0.2) is 5.65 Å². The average molecular weight is 310 g/mol. The normalized spacial score (nSPS) is 11.2. The molecule has 3 aromatic heterocycles. The number of nitrogens with two attached hydrogens (primary N) is 1. The molecule has 7 heteroatoms. The summed E-state index contributed by atoms with van der Waals surface area (Å²) in [6.45, 7) is 1.92. The number of nitrogens with zero attached hydrogens (tertiary/aromatic N) is 3. The molecule has 0 radical (unpaired) electrons. The second kappa shape index (κ2) is 3.78. The van der Waals surface area contributed by atoms with E-state index in [1.54, 1.807) is 6.20 Å². The highest BCUT2D eigenvalue weighted by Gasteiger charge is 2.14. The third-order valence-electron chi connectivity index (χ3n) is 2.43. The molecule has 0 aliphatic heterocycles. The van der Waals surface area contributed by atoms with Crippen LogP contribution in [0.15, 0.2) is 16.7 Å². The van der Waals surface area contributed by atoms with Gasteiger partial charge < -0.3 is 10.7 Å². The van der Waals surface area contributed by atoms with Crippen LogP contribution in [0.4, 0.5) is 5.00 Å². The van der Waals surface area contributed by atoms with Crippen LogP contribution in [-0.4, -0.2) is 19.3 Å². The van der Waals surface area contributed by atoms with E-state index >= 15 is 0 Å². The van der Waals surface area contributed by atoms with Gasteiger partial charge in [0.25, 0.3) is 0 Å². The zero-order valence-corrected chi connectivity index (χ0v) is 11.3. The maximum Gasteiger partial charge on any atom is 0.178 e. The molecule has 0 bridgehead atoms. The lowest BCUT2D eigenvalue weighted by atomic mass is 10.2. The number of aromatic amines is 1. The Morgan fingerprint density at radius 1 is 1.47 bits per heavy atom. The van der Waals surface area contributed by atoms with Crippen LogP contribution in [0, 0.1) is 6.92 Å². The number of H-pyrrole nitrogens is 1. The summed E-state index contributed by atoms with van der Waals surface area (Å²) in [6.07, 6.45) is 1.72. The van der Waals surface area contributed by atoms with Gasteiger partial charge in [-0.2, -0.15) is 4.37 Å². The van der Waals surface area contributed by atoms with E-state index in [9.17, 15) is 0 Å². The molecule has 0 atom stereocenters. The number of imidazole rings is 1. The van der Waals surface area contributed by atoms with Gasteiger partial charge in [-0.3, -0.25) is 0 Å². The van der Waals surface area contributed by atoms with Gasteiger partial charge in [-0.15, -0.1) is 0 Å². The fourth-order valence-corrected chi connectivity index (χ4v) is 2.66. The van der Waals surface area contributed by atoms with E-state index < -0.39 is 0 Å². The van der Waals surface area contributed by atoms with Gasteiger partial charge in [0.05, 0.1) is 16.8 Å². The minimum atomic E-state index is 0.667. The molecule has 3 rings (SSSR count). The Balaban J connectivity index is 2.25. The largest absolute Gasteiger partial charge is 0.389 e. The molecule has 86 valence electrons. The predicted molar refractivity (Wildman–Crippen MR) is 71.8 cm³/mol. The highest BCUT2D eigenvalue weighted by atomic mass is 79.9. The lowest BCUT2D eigenvalue weighted by Crippen LogP contribution is -1.87. The second-order valence-corrected chi connectivity index (χ2v) is 5.34. The molecule has 0 amide bonds. The summed E-state index contributed by atoms with van der Waals surface area (Å²) in [7, 11) is 0. The van der Waals surface area contributed by atoms with Crippen LogP contribution in [0.2, 0.25) is 0 Å². The number of aryl methyl sites for hydroxylation is 1. The van der Waals surface area contributed by atoms with Crippen molar-refractivity contribution in [3.63, 3.8) is 0 Å². The highest BCUT2D eigenvalue weighted by molar-refractivity contribution is 9.10. The third kappa shape index (κ3) is 1.71. The van der Waals surface area contributed by atoms with E-state index in [0.717, 1.165) is 21.2 Å². The highest BCUT2D eigenvalue weighted by Crippen LogP contribution is 2.31. The maximum absolute atomic E-state index is 5.89. The van der Waals surface area contributed by atoms with E-state index in [4.69, 9.17) is 5.73 Å². The molecule has 17 heavy (non-hydrogen) atoms. The van der Waals surface area contributed by atoms with Crippen molar-refractivity contribution in [2.75, 3.05) is 5.73 Å². The molecule has 0 spiro atoms. The van der Waals surface area contributed by atoms with Crippen LogP contribution in [0.3, 0.4) is 0 Å². The topological polar surface area (TPSA) is 80.5 Å². The molecule has 3 N–H and O–H groups in total. The summed E-state index contributed by atoms with van der Waals surface area (Å²) in [5, 5.41) is 0.667. The number of pyridine rings is 1. The van der Waals surface area contributed by atoms with Crippen molar-refractivity contribution in [2.24, 2.45) is 0 Å². The molecule has 0 aromatic carbocycles. The Kier molecular flexibility index (Phi) is 2.37. The number of fused-ring (bicyclic) bond motifs is 1. The zero-order valence-electron chi connectivity index (χ0n) is 8.86. The fraction of sp³-hybridized carbons (Fsp3) is 0.100. The molecule has 0 fully saturated rings. The van der Waals surface area contributed by atoms with Crippen molar-refractivity contribution in [1.82, 2.24) is 19.3 Å². The van der Waals surface area contributed by atoms with Crippen LogP contribution < -0.4 is 5.73 Å². The van der Waals surface area contributed by atoms with Crippen molar-refractivity contribution >= 4 is 43.6 Å². The van der Waals surface area contributed by atoms with Crippen molar-refractivity contribution in [2.45, 2.75) is 6.92 Å². The number of hydrogen-bond donors (Lipinski definition) is 2. The zero-order chi connectivity index (χ0) is 12.0. The third-order valence-corrected chi connectivity index (χ3v) is 3.63. The summed E-state index contributed by atoms with van der Waals surface area (Å²) in [5.74, 6) is 0.717. The van der Waals surface area contributed by atoms with Crippen LogP contribution in [-0.2, 0) is 0 Å². The molecule has 5 nitrogen and oxygen atoms in total. The van der Waals surface area contributed by atoms with Crippen LogP contribution in [0.1, 0.15) is 5.69 Å². The number of halogens is 1. The van der Waals surface area contributed by atoms with Crippen LogP contribution in [0.5, 0.6) is 0 Å². The van der Waals surface area contributed by atoms with Crippen LogP contribution >= 0.6 is 27.5 Å². The fourth-order valence-electron chi connectivity index (χ4n) is 1.67. The predicted octanol–water partition coefficient (Wildman–Crippen LogP) is 2.73. The van der Waals surface area contributed by atoms with Gasteiger partial charge in [0.2, 0.25) is 0 Å². The first kappa shape index (κ1) is 10.7. The Morgan fingerprint density at radius 2 is 2.29 bits per heavy atom. The van der Waals surface area contributed by atoms with Gasteiger partial charge in [0, 0.05) is 10.7 Å². The van der Waals surface area contributed by atoms with Gasteiger partial charge in [-0.05, 0) is 40.5 Å². The number of nitrogens with one attached hydrogen (secondary N) is 1. The molecular formula is C10H8BrN5S. The Labute approximate surface area is 109 Å². The quantitative estimate of drug-likeness (QED) is 0.724. The summed E-state index contributed by atoms with van der Waals surface area (Å²) < 4.78 is 5.12. The maximum atomic E-state index is 5.89. The van der Waals surface area contributed by atoms with E-state index in [1.165, 1.54) is 11.5 Å². The number of aromatic nitrogens is 4. The van der Waals surface area contributed by atoms with E-state index in [-0.39, 0.29) is 0 Å². The molecule has 0 unspecified atom stereocenters. The second-order valence-electron chi connectivity index (χ2n) is 3.62. The monoisotopic (exact) mass is 309 g/mol. The van der Waals surface area contributed by atoms with Gasteiger partial charge in [-0.25, -0.2) is 9.97 Å². The summed E-state index contributed by atoms with van der Waals surface area (Å²) in [4.78, 5) is 11.8. The Morgan fingerprint density at radius 3 is 3.00 bits per heavy atom. The summed E-state index contributed by atoms with van der Waals surface area (Å²) in [5.41, 5.74) is 9.19. The number of nitrogen functional groups attached to an aromatic ring is 1. The van der Waals surface area contributed by atoms with Crippen molar-refractivity contribution in [3.8, 4) is 11.4 Å². The summed E-state index contributed by atoms with van der Waals surface area (Å²) >= 11 is 4.65. The molecular weight excluding hydrogens is 302 g/mol. The number of anilines is 1. The molecule has 0 saturated heterocycles. The van der Waals surface area contributed by atoms with Crippen molar-refractivity contribution < 1.29 is 0 Å². The van der Waals surface area contributed by atoms with Gasteiger partial charge >= 0.3 is 0 Å². The molecule has 3 heterocycles. The van der Waals surface area contributed by atoms with Gasteiger partial charge in [0.1, 0.15) is 10.8 Å². The lowest BCUT2D eigenvalue weighted by molar-refractivity contribution is 1.26. The van der Waals surface area contributed by atoms with Gasteiger partial charge in [-0.1, -0.05) is 0 Å². The standard InChI is InChI=1S/C10H8BrN5S/c1-4-7(8(12)17-16-4)10-14-6-2-5(11)3-13-9(6)15-10/h2-3H,12H2,1H3,(H,13,14,15). The first-order valence-corrected chi connectivity index (χ1v) is 6.45. The average Bonchev–Trinajstić information content (AvgIpc) is 2.81. The molecule has 0 aliphatic rings. The van der Waals surface area contributed by atoms with Crippen molar-refractivity contribution in [1.29, 1.82) is 0 Å². The minimum absolute atomic E-state index is 0.667. The minimum Gasteiger partial charge on any atom is -0.389 e. The van der Waals surface area contributed by atoms with Crippen molar-refractivity contribution in [3.05, 3.63) is 22.4 Å². The van der Waals surface area contributed by atoms with E-state index in [1.807, 2.05) is 13.0 Å². The SMILES string of the molecule is Cc1nsc(N)c1-c1nc2ncc(Br)cc2[nH]1. The smallest absolute Gasteiger partial charge is 0.178 e. The first-order chi connectivity index (χ1) is 8.15. The number of rotatable bonds is 1. The number of hydrogen-bond acceptors (Lipinski definition) is 5. The molecule has 0 aliphatic carbocycles. The summed E-state index contributed by atoms with van der Waals surface area (Å²) in [6, 6.07) is 1.93. The van der Waals surface area contributed by atoms with E-state index in [2.05, 4.69) is 35.3 Å². The first-order valence-electron chi connectivity index (χ1n) is 4.88. The Hall–Kier alpha value is -1.47. The lowest BCUT2D eigenvalue weighted by Gasteiger charge is -1.94. The van der Waals surface area contributed by atoms with Crippen LogP contribution in [0.25, 0.3) is 22.6 Å².